The molecule has 3 N–H and O–H groups in total. The van der Waals surface area contributed by atoms with Gasteiger partial charge < -0.3 is 20.3 Å². The number of carboxylic acids is 1. The smallest absolute Gasteiger partial charge is 0.408 e. The van der Waals surface area contributed by atoms with Crippen LogP contribution in [0.25, 0.3) is 0 Å². The van der Waals surface area contributed by atoms with E-state index in [9.17, 15) is 23.5 Å². The monoisotopic (exact) mass is 253 g/mol. The van der Waals surface area contributed by atoms with E-state index in [1.54, 1.807) is 5.32 Å². The molecule has 0 aliphatic rings. The molecule has 6 nitrogen and oxygen atoms in total. The molecule has 0 aliphatic heterocycles. The molecule has 8 heteroatoms. The van der Waals surface area contributed by atoms with Gasteiger partial charge in [-0.15, -0.1) is 0 Å². The molecule has 0 aliphatic carbocycles. The number of amides is 1. The van der Waals surface area contributed by atoms with E-state index in [4.69, 9.17) is 5.11 Å². The standard InChI is InChI=1S/C9H13F2NO5/c1-3-4-17-8(15)12-5(6(13)14)9(2,16)7(10)11/h3,5,7,16H,1,4H2,2H3,(H,12,15)(H,13,14)/t5-,9+/m1/s1. The zero-order valence-corrected chi connectivity index (χ0v) is 9.02. The summed E-state index contributed by atoms with van der Waals surface area (Å²) in [5.41, 5.74) is -2.90. The van der Waals surface area contributed by atoms with E-state index in [1.807, 2.05) is 0 Å². The van der Waals surface area contributed by atoms with Gasteiger partial charge in [0.05, 0.1) is 0 Å². The summed E-state index contributed by atoms with van der Waals surface area (Å²) in [5, 5.41) is 19.6. The van der Waals surface area contributed by atoms with Crippen LogP contribution < -0.4 is 5.32 Å². The Bertz CT molecular complexity index is 306. The number of rotatable bonds is 6. The number of alkyl carbamates (subject to hydrolysis) is 1. The van der Waals surface area contributed by atoms with Crippen LogP contribution in [-0.2, 0) is 9.53 Å². The van der Waals surface area contributed by atoms with Crippen LogP contribution >= 0.6 is 0 Å². The molecule has 0 heterocycles. The van der Waals surface area contributed by atoms with Gasteiger partial charge in [-0.25, -0.2) is 18.4 Å². The Kier molecular flexibility index (Phi) is 5.52. The summed E-state index contributed by atoms with van der Waals surface area (Å²) in [6, 6.07) is -2.18. The Morgan fingerprint density at radius 2 is 2.12 bits per heavy atom. The Balaban J connectivity index is 4.71. The van der Waals surface area contributed by atoms with Crippen LogP contribution in [0, 0.1) is 0 Å². The minimum absolute atomic E-state index is 0.213. The lowest BCUT2D eigenvalue weighted by Gasteiger charge is -2.29. The Morgan fingerprint density at radius 3 is 2.47 bits per heavy atom. The molecule has 17 heavy (non-hydrogen) atoms. The number of ether oxygens (including phenoxy) is 1. The number of aliphatic hydroxyl groups is 1. The highest BCUT2D eigenvalue weighted by atomic mass is 19.3. The van der Waals surface area contributed by atoms with Gasteiger partial charge in [0.2, 0.25) is 0 Å². The summed E-state index contributed by atoms with van der Waals surface area (Å²) in [6.07, 6.45) is -3.37. The van der Waals surface area contributed by atoms with E-state index in [1.165, 1.54) is 6.08 Å². The quantitative estimate of drug-likeness (QED) is 0.594. The second-order valence-corrected chi connectivity index (χ2v) is 3.33. The van der Waals surface area contributed by atoms with Gasteiger partial charge in [-0.05, 0) is 6.92 Å². The normalized spacial score (nSPS) is 15.8. The van der Waals surface area contributed by atoms with Crippen LogP contribution in [0.5, 0.6) is 0 Å². The van der Waals surface area contributed by atoms with Crippen molar-refractivity contribution in [3.8, 4) is 0 Å². The number of alkyl halides is 2. The first-order valence-corrected chi connectivity index (χ1v) is 4.51. The fourth-order valence-corrected chi connectivity index (χ4v) is 0.878. The Hall–Kier alpha value is -1.70. The molecule has 0 radical (unpaired) electrons. The van der Waals surface area contributed by atoms with Crippen molar-refractivity contribution >= 4 is 12.1 Å². The molecule has 98 valence electrons. The first kappa shape index (κ1) is 15.3. The third-order valence-corrected chi connectivity index (χ3v) is 1.87. The van der Waals surface area contributed by atoms with Crippen molar-refractivity contribution in [3.63, 3.8) is 0 Å². The summed E-state index contributed by atoms with van der Waals surface area (Å²) < 4.78 is 29.2. The minimum Gasteiger partial charge on any atom is -0.480 e. The van der Waals surface area contributed by atoms with E-state index in [2.05, 4.69) is 11.3 Å². The maximum Gasteiger partial charge on any atom is 0.408 e. The molecule has 0 aromatic heterocycles. The van der Waals surface area contributed by atoms with Gasteiger partial charge in [0.15, 0.2) is 11.6 Å². The number of carbonyl (C=O) groups is 2. The van der Waals surface area contributed by atoms with Crippen LogP contribution in [0.3, 0.4) is 0 Å². The fourth-order valence-electron chi connectivity index (χ4n) is 0.878. The van der Waals surface area contributed by atoms with E-state index < -0.39 is 30.1 Å². The number of hydrogen-bond donors (Lipinski definition) is 3. The van der Waals surface area contributed by atoms with Gasteiger partial charge in [0, 0.05) is 0 Å². The van der Waals surface area contributed by atoms with Crippen molar-refractivity contribution in [1.82, 2.24) is 5.32 Å². The number of halogens is 2. The van der Waals surface area contributed by atoms with Crippen LogP contribution in [0.4, 0.5) is 13.6 Å². The van der Waals surface area contributed by atoms with Crippen molar-refractivity contribution in [3.05, 3.63) is 12.7 Å². The van der Waals surface area contributed by atoms with E-state index in [0.29, 0.717) is 6.92 Å². The van der Waals surface area contributed by atoms with Crippen LogP contribution in [0.2, 0.25) is 0 Å². The Morgan fingerprint density at radius 1 is 1.59 bits per heavy atom. The molecular formula is C9H13F2NO5. The SMILES string of the molecule is C=CCOC(=O)N[C@H](C(=O)O)[C@](C)(O)C(F)F. The number of nitrogens with one attached hydrogen (secondary N) is 1. The minimum atomic E-state index is -3.34. The largest absolute Gasteiger partial charge is 0.480 e. The predicted molar refractivity (Wildman–Crippen MR) is 52.7 cm³/mol. The lowest BCUT2D eigenvalue weighted by Crippen LogP contribution is -2.59. The van der Waals surface area contributed by atoms with Crippen molar-refractivity contribution in [2.45, 2.75) is 25.0 Å². The van der Waals surface area contributed by atoms with Gasteiger partial charge >= 0.3 is 12.1 Å². The van der Waals surface area contributed by atoms with Crippen LogP contribution in [0.15, 0.2) is 12.7 Å². The topological polar surface area (TPSA) is 95.9 Å². The van der Waals surface area contributed by atoms with Gasteiger partial charge in [0.1, 0.15) is 6.61 Å². The zero-order valence-electron chi connectivity index (χ0n) is 9.02. The lowest BCUT2D eigenvalue weighted by atomic mass is 9.97. The molecule has 0 aromatic rings. The third kappa shape index (κ3) is 4.35. The molecule has 0 spiro atoms. The molecule has 2 atom stereocenters. The maximum absolute atomic E-state index is 12.4. The molecular weight excluding hydrogens is 240 g/mol. The molecule has 0 saturated heterocycles. The highest BCUT2D eigenvalue weighted by Crippen LogP contribution is 2.20. The average Bonchev–Trinajstić information content (AvgIpc) is 2.21. The number of aliphatic carboxylic acids is 1. The average molecular weight is 253 g/mol. The number of hydrogen-bond acceptors (Lipinski definition) is 4. The van der Waals surface area contributed by atoms with Crippen LogP contribution in [-0.4, -0.2) is 47.0 Å². The highest BCUT2D eigenvalue weighted by Gasteiger charge is 2.46. The van der Waals surface area contributed by atoms with E-state index >= 15 is 0 Å². The molecule has 0 bridgehead atoms. The second-order valence-electron chi connectivity index (χ2n) is 3.33. The summed E-state index contributed by atoms with van der Waals surface area (Å²) in [4.78, 5) is 21.7. The molecule has 0 unspecified atom stereocenters. The number of carbonyl (C=O) groups excluding carboxylic acids is 1. The van der Waals surface area contributed by atoms with Gasteiger partial charge in [-0.1, -0.05) is 12.7 Å². The predicted octanol–water partition coefficient (Wildman–Crippen LogP) is 0.368. The van der Waals surface area contributed by atoms with Gasteiger partial charge in [-0.3, -0.25) is 0 Å². The van der Waals surface area contributed by atoms with Gasteiger partial charge in [-0.2, -0.15) is 0 Å². The van der Waals surface area contributed by atoms with E-state index in [-0.39, 0.29) is 6.61 Å². The van der Waals surface area contributed by atoms with Crippen LogP contribution in [0.1, 0.15) is 6.92 Å². The first-order chi connectivity index (χ1) is 7.73. The first-order valence-electron chi connectivity index (χ1n) is 4.51. The maximum atomic E-state index is 12.4. The zero-order chi connectivity index (χ0) is 13.6. The van der Waals surface area contributed by atoms with Crippen molar-refractivity contribution in [1.29, 1.82) is 0 Å². The number of carboxylic acid groups (broad SMARTS) is 1. The molecule has 0 saturated carbocycles. The van der Waals surface area contributed by atoms with Crippen molar-refractivity contribution in [2.75, 3.05) is 6.61 Å². The summed E-state index contributed by atoms with van der Waals surface area (Å²) in [7, 11) is 0. The molecule has 0 fully saturated rings. The third-order valence-electron chi connectivity index (χ3n) is 1.87. The summed E-state index contributed by atoms with van der Waals surface area (Å²) in [6.45, 7) is 3.62. The summed E-state index contributed by atoms with van der Waals surface area (Å²) >= 11 is 0. The van der Waals surface area contributed by atoms with E-state index in [0.717, 1.165) is 0 Å². The molecule has 0 aromatic carbocycles. The Labute approximate surface area is 95.9 Å². The lowest BCUT2D eigenvalue weighted by molar-refractivity contribution is -0.157. The van der Waals surface area contributed by atoms with Crippen molar-refractivity contribution < 1.29 is 33.3 Å². The van der Waals surface area contributed by atoms with Gasteiger partial charge in [0.25, 0.3) is 6.43 Å². The fraction of sp³-hybridized carbons (Fsp3) is 0.556. The highest BCUT2D eigenvalue weighted by molar-refractivity contribution is 5.81. The molecule has 1 amide bonds. The molecule has 0 rings (SSSR count). The summed E-state index contributed by atoms with van der Waals surface area (Å²) in [5.74, 6) is -1.80. The second kappa shape index (κ2) is 6.14. The van der Waals surface area contributed by atoms with Crippen molar-refractivity contribution in [2.24, 2.45) is 0 Å².